The third-order valence-electron chi connectivity index (χ3n) is 5.11. The molecule has 0 N–H and O–H groups in total. The van der Waals surface area contributed by atoms with Crippen molar-refractivity contribution in [1.29, 1.82) is 0 Å². The second-order valence-corrected chi connectivity index (χ2v) is 7.09. The molecule has 1 aliphatic heterocycles. The predicted molar refractivity (Wildman–Crippen MR) is 106 cm³/mol. The van der Waals surface area contributed by atoms with Crippen molar-refractivity contribution in [2.45, 2.75) is 38.8 Å². The molecule has 3 rings (SSSR count). The van der Waals surface area contributed by atoms with E-state index >= 15 is 0 Å². The molecule has 154 valence electrons. The van der Waals surface area contributed by atoms with Crippen molar-refractivity contribution in [3.05, 3.63) is 69.3 Å². The van der Waals surface area contributed by atoms with Crippen LogP contribution in [-0.2, 0) is 27.1 Å². The lowest BCUT2D eigenvalue weighted by Gasteiger charge is -2.37. The highest BCUT2D eigenvalue weighted by atomic mass is 16.5. The zero-order valence-corrected chi connectivity index (χ0v) is 16.8. The third kappa shape index (κ3) is 4.56. The SMILES string of the molecule is COC(=O)[C@@H]1[C@@H](C)OCCN1C(=O)c1c(C)cc(CCc2ccccc2)oc1=O. The Kier molecular flexibility index (Phi) is 6.49. The predicted octanol–water partition coefficient (Wildman–Crippen LogP) is 2.14. The second kappa shape index (κ2) is 9.05. The van der Waals surface area contributed by atoms with E-state index < -0.39 is 29.6 Å². The van der Waals surface area contributed by atoms with E-state index in [0.717, 1.165) is 12.0 Å². The summed E-state index contributed by atoms with van der Waals surface area (Å²) in [5, 5.41) is 0. The lowest BCUT2D eigenvalue weighted by molar-refractivity contribution is -0.156. The highest BCUT2D eigenvalue weighted by molar-refractivity contribution is 5.97. The van der Waals surface area contributed by atoms with Crippen LogP contribution < -0.4 is 5.63 Å². The summed E-state index contributed by atoms with van der Waals surface area (Å²) in [6.45, 7) is 3.87. The lowest BCUT2D eigenvalue weighted by Crippen LogP contribution is -2.57. The maximum absolute atomic E-state index is 13.1. The molecule has 1 amide bonds. The van der Waals surface area contributed by atoms with E-state index in [2.05, 4.69) is 0 Å². The second-order valence-electron chi connectivity index (χ2n) is 7.09. The van der Waals surface area contributed by atoms with Gasteiger partial charge >= 0.3 is 11.6 Å². The lowest BCUT2D eigenvalue weighted by atomic mass is 10.0. The van der Waals surface area contributed by atoms with Crippen LogP contribution in [0.15, 0.2) is 45.6 Å². The normalized spacial score (nSPS) is 19.1. The molecule has 1 fully saturated rings. The van der Waals surface area contributed by atoms with Gasteiger partial charge in [0, 0.05) is 13.0 Å². The number of morpholine rings is 1. The zero-order valence-electron chi connectivity index (χ0n) is 16.8. The van der Waals surface area contributed by atoms with Crippen LogP contribution in [0.3, 0.4) is 0 Å². The molecular formula is C22H25NO6. The fourth-order valence-corrected chi connectivity index (χ4v) is 3.60. The summed E-state index contributed by atoms with van der Waals surface area (Å²) in [5.41, 5.74) is 0.908. The minimum absolute atomic E-state index is 0.0588. The number of hydrogen-bond donors (Lipinski definition) is 0. The Morgan fingerprint density at radius 3 is 2.59 bits per heavy atom. The van der Waals surface area contributed by atoms with Crippen molar-refractivity contribution in [2.24, 2.45) is 0 Å². The van der Waals surface area contributed by atoms with Crippen molar-refractivity contribution in [1.82, 2.24) is 4.90 Å². The number of methoxy groups -OCH3 is 1. The zero-order chi connectivity index (χ0) is 21.0. The first-order chi connectivity index (χ1) is 13.9. The number of ether oxygens (including phenoxy) is 2. The molecule has 0 aliphatic carbocycles. The van der Waals surface area contributed by atoms with Gasteiger partial charge in [-0.05, 0) is 37.5 Å². The first-order valence-corrected chi connectivity index (χ1v) is 9.60. The molecule has 0 unspecified atom stereocenters. The number of carbonyl (C=O) groups excluding carboxylic acids is 2. The highest BCUT2D eigenvalue weighted by Crippen LogP contribution is 2.20. The number of rotatable bonds is 5. The Balaban J connectivity index is 1.83. The van der Waals surface area contributed by atoms with Crippen LogP contribution >= 0.6 is 0 Å². The molecule has 2 heterocycles. The van der Waals surface area contributed by atoms with E-state index in [1.807, 2.05) is 30.3 Å². The van der Waals surface area contributed by atoms with Crippen molar-refractivity contribution >= 4 is 11.9 Å². The molecule has 7 nitrogen and oxygen atoms in total. The molecule has 1 saturated heterocycles. The average Bonchev–Trinajstić information content (AvgIpc) is 2.71. The van der Waals surface area contributed by atoms with Crippen molar-refractivity contribution in [2.75, 3.05) is 20.3 Å². The number of hydrogen-bond acceptors (Lipinski definition) is 6. The Morgan fingerprint density at radius 2 is 1.93 bits per heavy atom. The van der Waals surface area contributed by atoms with Crippen LogP contribution in [0, 0.1) is 6.92 Å². The maximum atomic E-state index is 13.1. The van der Waals surface area contributed by atoms with Gasteiger partial charge in [-0.15, -0.1) is 0 Å². The van der Waals surface area contributed by atoms with Crippen LogP contribution in [0.5, 0.6) is 0 Å². The van der Waals surface area contributed by atoms with Gasteiger partial charge in [-0.3, -0.25) is 4.79 Å². The number of carbonyl (C=O) groups is 2. The van der Waals surface area contributed by atoms with E-state index in [1.54, 1.807) is 19.9 Å². The van der Waals surface area contributed by atoms with Gasteiger partial charge in [0.15, 0.2) is 6.04 Å². The Hall–Kier alpha value is -2.93. The van der Waals surface area contributed by atoms with Gasteiger partial charge in [0.2, 0.25) is 0 Å². The Labute approximate surface area is 169 Å². The summed E-state index contributed by atoms with van der Waals surface area (Å²) in [6, 6.07) is 10.7. The fraction of sp³-hybridized carbons (Fsp3) is 0.409. The maximum Gasteiger partial charge on any atom is 0.349 e. The molecule has 1 aromatic heterocycles. The largest absolute Gasteiger partial charge is 0.467 e. The molecule has 2 aromatic rings. The van der Waals surface area contributed by atoms with Gasteiger partial charge in [0.05, 0.1) is 19.8 Å². The Bertz CT molecular complexity index is 936. The van der Waals surface area contributed by atoms with Crippen LogP contribution in [-0.4, -0.2) is 49.2 Å². The van der Waals surface area contributed by atoms with E-state index in [1.165, 1.54) is 12.0 Å². The highest BCUT2D eigenvalue weighted by Gasteiger charge is 2.40. The molecule has 0 saturated carbocycles. The molecule has 7 heteroatoms. The number of nitrogens with zero attached hydrogens (tertiary/aromatic N) is 1. The molecular weight excluding hydrogens is 374 g/mol. The van der Waals surface area contributed by atoms with Crippen LogP contribution in [0.25, 0.3) is 0 Å². The summed E-state index contributed by atoms with van der Waals surface area (Å²) >= 11 is 0. The van der Waals surface area contributed by atoms with E-state index in [4.69, 9.17) is 13.9 Å². The molecule has 29 heavy (non-hydrogen) atoms. The van der Waals surface area contributed by atoms with Gasteiger partial charge in [0.25, 0.3) is 5.91 Å². The van der Waals surface area contributed by atoms with Crippen LogP contribution in [0.1, 0.15) is 34.2 Å². The van der Waals surface area contributed by atoms with Crippen molar-refractivity contribution < 1.29 is 23.5 Å². The summed E-state index contributed by atoms with van der Waals surface area (Å²) in [7, 11) is 1.26. The van der Waals surface area contributed by atoms with E-state index in [-0.39, 0.29) is 18.7 Å². The number of amides is 1. The Morgan fingerprint density at radius 1 is 1.21 bits per heavy atom. The van der Waals surface area contributed by atoms with Gasteiger partial charge in [-0.1, -0.05) is 30.3 Å². The van der Waals surface area contributed by atoms with E-state index in [9.17, 15) is 14.4 Å². The molecule has 2 atom stereocenters. The monoisotopic (exact) mass is 399 g/mol. The molecule has 0 bridgehead atoms. The molecule has 1 aromatic carbocycles. The van der Waals surface area contributed by atoms with Gasteiger partial charge < -0.3 is 18.8 Å². The van der Waals surface area contributed by atoms with Gasteiger partial charge in [0.1, 0.15) is 11.3 Å². The van der Waals surface area contributed by atoms with Crippen molar-refractivity contribution in [3.63, 3.8) is 0 Å². The summed E-state index contributed by atoms with van der Waals surface area (Å²) in [6.07, 6.45) is 0.744. The van der Waals surface area contributed by atoms with Crippen LogP contribution in [0.4, 0.5) is 0 Å². The first-order valence-electron chi connectivity index (χ1n) is 9.60. The van der Waals surface area contributed by atoms with Crippen molar-refractivity contribution in [3.8, 4) is 0 Å². The van der Waals surface area contributed by atoms with Gasteiger partial charge in [-0.25, -0.2) is 9.59 Å². The third-order valence-corrected chi connectivity index (χ3v) is 5.11. The number of esters is 1. The van der Waals surface area contributed by atoms with E-state index in [0.29, 0.717) is 17.7 Å². The van der Waals surface area contributed by atoms with Crippen LogP contribution in [0.2, 0.25) is 0 Å². The minimum Gasteiger partial charge on any atom is -0.467 e. The number of aryl methyl sites for hydroxylation is 3. The molecule has 1 aliphatic rings. The average molecular weight is 399 g/mol. The first kappa shape index (κ1) is 20.8. The standard InChI is InChI=1S/C22H25NO6/c1-14-13-17(10-9-16-7-5-4-6-8-16)29-21(25)18(14)20(24)23-11-12-28-15(2)19(23)22(26)27-3/h4-8,13,15,19H,9-12H2,1-3H3/t15-,19+/m1/s1. The molecule has 0 spiro atoms. The van der Waals surface area contributed by atoms with Gasteiger partial charge in [-0.2, -0.15) is 0 Å². The summed E-state index contributed by atoms with van der Waals surface area (Å²) < 4.78 is 15.7. The smallest absolute Gasteiger partial charge is 0.349 e. The molecule has 0 radical (unpaired) electrons. The summed E-state index contributed by atoms with van der Waals surface area (Å²) in [4.78, 5) is 39.2. The number of benzene rings is 1. The summed E-state index contributed by atoms with van der Waals surface area (Å²) in [5.74, 6) is -0.601. The topological polar surface area (TPSA) is 86.1 Å². The minimum atomic E-state index is -0.905. The quantitative estimate of drug-likeness (QED) is 0.716. The fourth-order valence-electron chi connectivity index (χ4n) is 3.60.